The van der Waals surface area contributed by atoms with Gasteiger partial charge < -0.3 is 20.7 Å². The smallest absolute Gasteiger partial charge is 0.234 e. The number of hydrogen-bond acceptors (Lipinski definition) is 4. The average molecular weight is 480 g/mol. The van der Waals surface area contributed by atoms with Crippen LogP contribution in [0.3, 0.4) is 0 Å². The Morgan fingerprint density at radius 2 is 1.58 bits per heavy atom. The summed E-state index contributed by atoms with van der Waals surface area (Å²) in [5.41, 5.74) is 3.75. The van der Waals surface area contributed by atoms with Crippen molar-refractivity contribution in [3.05, 3.63) is 78.4 Å². The van der Waals surface area contributed by atoms with E-state index in [2.05, 4.69) is 22.9 Å². The number of thioether (sulfide) groups is 1. The second-order valence-corrected chi connectivity index (χ2v) is 8.99. The summed E-state index contributed by atoms with van der Waals surface area (Å²) < 4.78 is 5.65. The molecule has 172 valence electrons. The van der Waals surface area contributed by atoms with E-state index >= 15 is 0 Å². The molecule has 0 atom stereocenters. The second-order valence-electron chi connectivity index (χ2n) is 7.54. The number of aryl methyl sites for hydroxylation is 1. The van der Waals surface area contributed by atoms with E-state index in [0.29, 0.717) is 17.5 Å². The van der Waals surface area contributed by atoms with Crippen LogP contribution in [-0.4, -0.2) is 23.4 Å². The predicted molar refractivity (Wildman–Crippen MR) is 144 cm³/mol. The third-order valence-corrected chi connectivity index (χ3v) is 5.87. The van der Waals surface area contributed by atoms with E-state index < -0.39 is 0 Å². The number of unbranched alkanes of at least 4 members (excludes halogenated alkanes) is 1. The minimum Gasteiger partial charge on any atom is -0.494 e. The van der Waals surface area contributed by atoms with Crippen LogP contribution in [0.15, 0.2) is 77.7 Å². The van der Waals surface area contributed by atoms with Crippen molar-refractivity contribution in [1.82, 2.24) is 0 Å². The molecule has 0 radical (unpaired) electrons. The summed E-state index contributed by atoms with van der Waals surface area (Å²) in [5.74, 6) is 1.06. The number of hydrogen-bond donors (Lipinski definition) is 3. The van der Waals surface area contributed by atoms with Gasteiger partial charge in [-0.2, -0.15) is 0 Å². The molecule has 0 heterocycles. The van der Waals surface area contributed by atoms with Crippen molar-refractivity contribution in [3.8, 4) is 5.75 Å². The van der Waals surface area contributed by atoms with Crippen LogP contribution in [0.5, 0.6) is 5.75 Å². The molecule has 0 saturated carbocycles. The van der Waals surface area contributed by atoms with Gasteiger partial charge in [0.2, 0.25) is 5.91 Å². The van der Waals surface area contributed by atoms with E-state index in [1.807, 2.05) is 79.7 Å². The van der Waals surface area contributed by atoms with Gasteiger partial charge in [-0.3, -0.25) is 4.79 Å². The molecule has 0 aliphatic rings. The normalized spacial score (nSPS) is 10.4. The van der Waals surface area contributed by atoms with Crippen molar-refractivity contribution in [3.63, 3.8) is 0 Å². The Kier molecular flexibility index (Phi) is 9.59. The molecule has 3 rings (SSSR count). The van der Waals surface area contributed by atoms with Crippen LogP contribution in [-0.2, 0) is 4.79 Å². The van der Waals surface area contributed by atoms with E-state index in [1.54, 1.807) is 0 Å². The number of rotatable bonds is 10. The number of carbonyl (C=O) groups is 1. The highest BCUT2D eigenvalue weighted by Crippen LogP contribution is 2.23. The number of benzene rings is 3. The van der Waals surface area contributed by atoms with Crippen molar-refractivity contribution in [1.29, 1.82) is 0 Å². The van der Waals surface area contributed by atoms with E-state index in [1.165, 1.54) is 17.3 Å². The van der Waals surface area contributed by atoms with Gasteiger partial charge in [0.25, 0.3) is 0 Å². The van der Waals surface area contributed by atoms with Gasteiger partial charge in [-0.25, -0.2) is 0 Å². The zero-order valence-corrected chi connectivity index (χ0v) is 20.5. The first kappa shape index (κ1) is 24.6. The highest BCUT2D eigenvalue weighted by atomic mass is 32.2. The fraction of sp³-hybridized carbons (Fsp3) is 0.231. The van der Waals surface area contributed by atoms with Gasteiger partial charge in [0, 0.05) is 22.0 Å². The molecule has 3 aromatic carbocycles. The molecule has 0 saturated heterocycles. The number of nitrogens with one attached hydrogen (secondary N) is 3. The molecule has 33 heavy (non-hydrogen) atoms. The molecule has 3 aromatic rings. The maximum atomic E-state index is 12.4. The van der Waals surface area contributed by atoms with E-state index in [9.17, 15) is 4.79 Å². The van der Waals surface area contributed by atoms with Gasteiger partial charge >= 0.3 is 0 Å². The Morgan fingerprint density at radius 1 is 0.909 bits per heavy atom. The van der Waals surface area contributed by atoms with Crippen LogP contribution >= 0.6 is 24.0 Å². The minimum atomic E-state index is -0.0606. The Labute approximate surface area is 205 Å². The molecule has 1 amide bonds. The minimum absolute atomic E-state index is 0.0606. The zero-order valence-electron chi connectivity index (χ0n) is 18.9. The number of carbonyl (C=O) groups excluding carboxylic acids is 1. The maximum Gasteiger partial charge on any atom is 0.234 e. The van der Waals surface area contributed by atoms with Crippen molar-refractivity contribution in [2.75, 3.05) is 28.3 Å². The van der Waals surface area contributed by atoms with Gasteiger partial charge in [-0.15, -0.1) is 11.8 Å². The fourth-order valence-electron chi connectivity index (χ4n) is 2.91. The van der Waals surface area contributed by atoms with Crippen LogP contribution in [0, 0.1) is 6.92 Å². The Bertz CT molecular complexity index is 1050. The van der Waals surface area contributed by atoms with E-state index in [0.717, 1.165) is 40.5 Å². The Morgan fingerprint density at radius 3 is 2.30 bits per heavy atom. The van der Waals surface area contributed by atoms with Crippen LogP contribution in [0.2, 0.25) is 0 Å². The average Bonchev–Trinajstić information content (AvgIpc) is 2.81. The molecule has 0 fully saturated rings. The highest BCUT2D eigenvalue weighted by molar-refractivity contribution is 8.00. The number of anilines is 3. The predicted octanol–water partition coefficient (Wildman–Crippen LogP) is 6.71. The highest BCUT2D eigenvalue weighted by Gasteiger charge is 2.06. The lowest BCUT2D eigenvalue weighted by atomic mass is 10.2. The third-order valence-electron chi connectivity index (χ3n) is 4.68. The van der Waals surface area contributed by atoms with E-state index in [-0.39, 0.29) is 5.91 Å². The molecule has 0 aliphatic heterocycles. The van der Waals surface area contributed by atoms with Crippen LogP contribution in [0.25, 0.3) is 0 Å². The molecular weight excluding hydrogens is 450 g/mol. The van der Waals surface area contributed by atoms with Gasteiger partial charge in [0.15, 0.2) is 5.11 Å². The molecule has 5 nitrogen and oxygen atoms in total. The maximum absolute atomic E-state index is 12.4. The first-order chi connectivity index (χ1) is 16.0. The molecule has 0 bridgehead atoms. The second kappa shape index (κ2) is 12.9. The molecule has 3 N–H and O–H groups in total. The van der Waals surface area contributed by atoms with Crippen molar-refractivity contribution in [2.45, 2.75) is 31.6 Å². The summed E-state index contributed by atoms with van der Waals surface area (Å²) in [4.78, 5) is 13.3. The lowest BCUT2D eigenvalue weighted by Gasteiger charge is -2.12. The molecule has 0 aliphatic carbocycles. The standard InChI is InChI=1S/C26H29N3O2S2/c1-3-4-16-31-23-14-12-20(13-15-23)27-25(30)18-33-24-7-5-6-22(17-24)29-26(32)28-21-10-8-19(2)9-11-21/h5-15,17H,3-4,16,18H2,1-2H3,(H,27,30)(H2,28,29,32). The lowest BCUT2D eigenvalue weighted by molar-refractivity contribution is -0.113. The quantitative estimate of drug-likeness (QED) is 0.171. The van der Waals surface area contributed by atoms with Crippen LogP contribution < -0.4 is 20.7 Å². The molecule has 7 heteroatoms. The van der Waals surface area contributed by atoms with Crippen molar-refractivity contribution in [2.24, 2.45) is 0 Å². The first-order valence-corrected chi connectivity index (χ1v) is 12.3. The van der Waals surface area contributed by atoms with Crippen LogP contribution in [0.1, 0.15) is 25.3 Å². The Hall–Kier alpha value is -3.03. The van der Waals surface area contributed by atoms with E-state index in [4.69, 9.17) is 17.0 Å². The summed E-state index contributed by atoms with van der Waals surface area (Å²) in [6.07, 6.45) is 2.13. The van der Waals surface area contributed by atoms with Gasteiger partial charge in [-0.1, -0.05) is 37.1 Å². The fourth-order valence-corrected chi connectivity index (χ4v) is 3.90. The summed E-state index contributed by atoms with van der Waals surface area (Å²) in [5, 5.41) is 9.80. The first-order valence-electron chi connectivity index (χ1n) is 10.9. The Balaban J connectivity index is 1.45. The van der Waals surface area contributed by atoms with Gasteiger partial charge in [-0.05, 0) is 80.2 Å². The number of thiocarbonyl (C=S) groups is 1. The van der Waals surface area contributed by atoms with Crippen molar-refractivity contribution < 1.29 is 9.53 Å². The largest absolute Gasteiger partial charge is 0.494 e. The van der Waals surface area contributed by atoms with Crippen LogP contribution in [0.4, 0.5) is 17.1 Å². The van der Waals surface area contributed by atoms with Gasteiger partial charge in [0.1, 0.15) is 5.75 Å². The summed E-state index contributed by atoms with van der Waals surface area (Å²) >= 11 is 6.88. The monoisotopic (exact) mass is 479 g/mol. The molecule has 0 unspecified atom stereocenters. The third kappa shape index (κ3) is 8.79. The molecule has 0 aromatic heterocycles. The summed E-state index contributed by atoms with van der Waals surface area (Å²) in [7, 11) is 0. The number of amides is 1. The summed E-state index contributed by atoms with van der Waals surface area (Å²) in [6, 6.07) is 23.3. The SMILES string of the molecule is CCCCOc1ccc(NC(=O)CSc2cccc(NC(=S)Nc3ccc(C)cc3)c2)cc1. The summed E-state index contributed by atoms with van der Waals surface area (Å²) in [6.45, 7) is 4.88. The lowest BCUT2D eigenvalue weighted by Crippen LogP contribution is -2.19. The topological polar surface area (TPSA) is 62.4 Å². The molecule has 0 spiro atoms. The van der Waals surface area contributed by atoms with Gasteiger partial charge in [0.05, 0.1) is 12.4 Å². The molecular formula is C26H29N3O2S2. The zero-order chi connectivity index (χ0) is 23.5. The number of ether oxygens (including phenoxy) is 1. The van der Waals surface area contributed by atoms with Crippen molar-refractivity contribution >= 4 is 52.1 Å².